The minimum atomic E-state index is -4.30. The maximum Gasteiger partial charge on any atom is 0.416 e. The third kappa shape index (κ3) is 4.04. The van der Waals surface area contributed by atoms with Gasteiger partial charge in [0.1, 0.15) is 0 Å². The Labute approximate surface area is 152 Å². The first-order valence-corrected chi connectivity index (χ1v) is 9.11. The van der Waals surface area contributed by atoms with Gasteiger partial charge in [-0.3, -0.25) is 9.69 Å². The van der Waals surface area contributed by atoms with Crippen LogP contribution in [0, 0.1) is 5.92 Å². The molecule has 2 heterocycles. The Morgan fingerprint density at radius 2 is 1.85 bits per heavy atom. The Morgan fingerprint density at radius 3 is 2.35 bits per heavy atom. The summed E-state index contributed by atoms with van der Waals surface area (Å²) in [5, 5.41) is 0. The standard InChI is InChI=1S/C19H26F3N3O/c1-12(2)7-17(23)18(26)25-11-15-8-16(25)10-24(15)9-13-3-5-14(6-4-13)19(20,21)22/h3-6,12,15-17H,7-11,23H2,1-2H3/t15?,16?,17-/m0/s1. The minimum absolute atomic E-state index is 0.0281. The number of nitrogens with zero attached hydrogens (tertiary/aromatic N) is 2. The van der Waals surface area contributed by atoms with Gasteiger partial charge in [0.25, 0.3) is 0 Å². The quantitative estimate of drug-likeness (QED) is 0.868. The highest BCUT2D eigenvalue weighted by Crippen LogP contribution is 2.33. The summed E-state index contributed by atoms with van der Waals surface area (Å²) in [6, 6.07) is 5.32. The van der Waals surface area contributed by atoms with Crippen molar-refractivity contribution < 1.29 is 18.0 Å². The zero-order valence-corrected chi connectivity index (χ0v) is 15.2. The Bertz CT molecular complexity index is 644. The number of fused-ring (bicyclic) bond motifs is 2. The van der Waals surface area contributed by atoms with Gasteiger partial charge < -0.3 is 10.6 Å². The molecule has 2 aliphatic heterocycles. The molecule has 0 radical (unpaired) electrons. The van der Waals surface area contributed by atoms with Crippen LogP contribution in [0.5, 0.6) is 0 Å². The summed E-state index contributed by atoms with van der Waals surface area (Å²) in [6.45, 7) is 6.13. The molecule has 2 fully saturated rings. The first-order valence-electron chi connectivity index (χ1n) is 9.11. The van der Waals surface area contributed by atoms with Crippen molar-refractivity contribution in [1.82, 2.24) is 9.80 Å². The van der Waals surface area contributed by atoms with Gasteiger partial charge in [0.15, 0.2) is 0 Å². The van der Waals surface area contributed by atoms with Crippen LogP contribution >= 0.6 is 0 Å². The van der Waals surface area contributed by atoms with Crippen molar-refractivity contribution in [2.45, 2.75) is 57.5 Å². The zero-order valence-electron chi connectivity index (χ0n) is 15.2. The predicted molar refractivity (Wildman–Crippen MR) is 93.2 cm³/mol. The van der Waals surface area contributed by atoms with Crippen LogP contribution in [-0.2, 0) is 17.5 Å². The third-order valence-corrected chi connectivity index (χ3v) is 5.35. The summed E-state index contributed by atoms with van der Waals surface area (Å²) in [7, 11) is 0. The fourth-order valence-electron chi connectivity index (χ4n) is 4.07. The van der Waals surface area contributed by atoms with E-state index in [0.717, 1.165) is 30.7 Å². The van der Waals surface area contributed by atoms with Crippen molar-refractivity contribution in [1.29, 1.82) is 0 Å². The number of piperazine rings is 1. The Morgan fingerprint density at radius 1 is 1.19 bits per heavy atom. The number of likely N-dealkylation sites (tertiary alicyclic amines) is 2. The average molecular weight is 369 g/mol. The van der Waals surface area contributed by atoms with E-state index in [4.69, 9.17) is 5.73 Å². The SMILES string of the molecule is CC(C)C[C@H](N)C(=O)N1CC2CC1CN2Cc1ccc(C(F)(F)F)cc1. The second-order valence-corrected chi connectivity index (χ2v) is 7.89. The van der Waals surface area contributed by atoms with Gasteiger partial charge in [-0.25, -0.2) is 0 Å². The number of amides is 1. The molecule has 2 unspecified atom stereocenters. The van der Waals surface area contributed by atoms with Crippen LogP contribution in [0.2, 0.25) is 0 Å². The molecule has 0 spiro atoms. The van der Waals surface area contributed by atoms with Crippen molar-refractivity contribution in [2.24, 2.45) is 11.7 Å². The van der Waals surface area contributed by atoms with E-state index >= 15 is 0 Å². The van der Waals surface area contributed by atoms with Crippen LogP contribution in [0.15, 0.2) is 24.3 Å². The minimum Gasteiger partial charge on any atom is -0.335 e. The van der Waals surface area contributed by atoms with Crippen molar-refractivity contribution in [2.75, 3.05) is 13.1 Å². The lowest BCUT2D eigenvalue weighted by molar-refractivity contribution is -0.137. The van der Waals surface area contributed by atoms with E-state index in [1.807, 2.05) is 4.90 Å². The molecule has 3 atom stereocenters. The molecule has 2 aliphatic rings. The second-order valence-electron chi connectivity index (χ2n) is 7.89. The normalized spacial score (nSPS) is 24.5. The number of nitrogens with two attached hydrogens (primary N) is 1. The first kappa shape index (κ1) is 19.2. The number of carbonyl (C=O) groups is 1. The summed E-state index contributed by atoms with van der Waals surface area (Å²) in [5.74, 6) is 0.408. The Hall–Kier alpha value is -1.60. The summed E-state index contributed by atoms with van der Waals surface area (Å²) in [4.78, 5) is 16.7. The lowest BCUT2D eigenvalue weighted by Crippen LogP contribution is -2.53. The summed E-state index contributed by atoms with van der Waals surface area (Å²) in [5.41, 5.74) is 6.28. The molecular formula is C19H26F3N3O. The molecule has 2 bridgehead atoms. The summed E-state index contributed by atoms with van der Waals surface area (Å²) < 4.78 is 38.0. The maximum atomic E-state index is 12.7. The van der Waals surface area contributed by atoms with Gasteiger partial charge in [0.2, 0.25) is 5.91 Å². The van der Waals surface area contributed by atoms with Crippen molar-refractivity contribution in [3.8, 4) is 0 Å². The molecule has 0 aliphatic carbocycles. The molecule has 1 amide bonds. The van der Waals surface area contributed by atoms with Gasteiger partial charge in [0, 0.05) is 31.7 Å². The molecule has 0 saturated carbocycles. The van der Waals surface area contributed by atoms with Gasteiger partial charge >= 0.3 is 6.18 Å². The Kier molecular flexibility index (Phi) is 5.30. The van der Waals surface area contributed by atoms with E-state index < -0.39 is 17.8 Å². The van der Waals surface area contributed by atoms with Crippen LogP contribution in [-0.4, -0.2) is 46.9 Å². The molecular weight excluding hydrogens is 343 g/mol. The molecule has 3 rings (SSSR count). The predicted octanol–water partition coefficient (Wildman–Crippen LogP) is 2.86. The number of hydrogen-bond donors (Lipinski definition) is 1. The number of rotatable bonds is 5. The van der Waals surface area contributed by atoms with Gasteiger partial charge in [-0.1, -0.05) is 26.0 Å². The van der Waals surface area contributed by atoms with Crippen molar-refractivity contribution >= 4 is 5.91 Å². The van der Waals surface area contributed by atoms with Crippen LogP contribution in [0.3, 0.4) is 0 Å². The second kappa shape index (κ2) is 7.19. The van der Waals surface area contributed by atoms with E-state index in [0.29, 0.717) is 25.4 Å². The Balaban J connectivity index is 1.56. The van der Waals surface area contributed by atoms with Crippen molar-refractivity contribution in [3.05, 3.63) is 35.4 Å². The van der Waals surface area contributed by atoms with Crippen LogP contribution in [0.1, 0.15) is 37.8 Å². The molecule has 26 heavy (non-hydrogen) atoms. The van der Waals surface area contributed by atoms with Gasteiger partial charge in [-0.05, 0) is 36.5 Å². The molecule has 1 aromatic rings. The zero-order chi connectivity index (χ0) is 19.1. The molecule has 2 N–H and O–H groups in total. The first-order chi connectivity index (χ1) is 12.1. The van der Waals surface area contributed by atoms with Crippen LogP contribution < -0.4 is 5.73 Å². The van der Waals surface area contributed by atoms with Gasteiger partial charge in [-0.2, -0.15) is 13.2 Å². The molecule has 144 valence electrons. The van der Waals surface area contributed by atoms with E-state index in [1.165, 1.54) is 12.1 Å². The highest BCUT2D eigenvalue weighted by atomic mass is 19.4. The molecule has 4 nitrogen and oxygen atoms in total. The number of halogens is 3. The molecule has 0 aromatic heterocycles. The van der Waals surface area contributed by atoms with Crippen molar-refractivity contribution in [3.63, 3.8) is 0 Å². The summed E-state index contributed by atoms with van der Waals surface area (Å²) in [6.07, 6.45) is -2.70. The maximum absolute atomic E-state index is 12.7. The highest BCUT2D eigenvalue weighted by Gasteiger charge is 2.45. The number of benzene rings is 1. The highest BCUT2D eigenvalue weighted by molar-refractivity contribution is 5.82. The number of alkyl halides is 3. The van der Waals surface area contributed by atoms with E-state index in [-0.39, 0.29) is 18.0 Å². The molecule has 1 aromatic carbocycles. The van der Waals surface area contributed by atoms with E-state index in [2.05, 4.69) is 18.7 Å². The summed E-state index contributed by atoms with van der Waals surface area (Å²) >= 11 is 0. The number of hydrogen-bond acceptors (Lipinski definition) is 3. The largest absolute Gasteiger partial charge is 0.416 e. The molecule has 2 saturated heterocycles. The smallest absolute Gasteiger partial charge is 0.335 e. The topological polar surface area (TPSA) is 49.6 Å². The fraction of sp³-hybridized carbons (Fsp3) is 0.632. The fourth-order valence-corrected chi connectivity index (χ4v) is 4.07. The van der Waals surface area contributed by atoms with Crippen LogP contribution in [0.25, 0.3) is 0 Å². The van der Waals surface area contributed by atoms with E-state index in [9.17, 15) is 18.0 Å². The average Bonchev–Trinajstić information content (AvgIpc) is 3.13. The van der Waals surface area contributed by atoms with Gasteiger partial charge in [-0.15, -0.1) is 0 Å². The third-order valence-electron chi connectivity index (χ3n) is 5.35. The lowest BCUT2D eigenvalue weighted by atomic mass is 10.0. The van der Waals surface area contributed by atoms with Crippen LogP contribution in [0.4, 0.5) is 13.2 Å². The van der Waals surface area contributed by atoms with E-state index in [1.54, 1.807) is 0 Å². The monoisotopic (exact) mass is 369 g/mol. The lowest BCUT2D eigenvalue weighted by Gasteiger charge is -2.35. The van der Waals surface area contributed by atoms with Gasteiger partial charge in [0.05, 0.1) is 11.6 Å². The molecule has 7 heteroatoms. The number of carbonyl (C=O) groups excluding carboxylic acids is 1.